The molecule has 1 rings (SSSR count). The molecule has 0 radical (unpaired) electrons. The van der Waals surface area contributed by atoms with Gasteiger partial charge in [0.2, 0.25) is 0 Å². The topological polar surface area (TPSA) is 42.2 Å². The maximum Gasteiger partial charge on any atom is 0.138 e. The Morgan fingerprint density at radius 3 is 2.94 bits per heavy atom. The zero-order chi connectivity index (χ0) is 12.8. The van der Waals surface area contributed by atoms with E-state index >= 15 is 0 Å². The smallest absolute Gasteiger partial charge is 0.138 e. The quantitative estimate of drug-likeness (QED) is 0.803. The van der Waals surface area contributed by atoms with Crippen LogP contribution in [-0.2, 0) is 0 Å². The Kier molecular flexibility index (Phi) is 5.71. The second kappa shape index (κ2) is 6.81. The second-order valence-corrected chi connectivity index (χ2v) is 5.41. The minimum atomic E-state index is 0.400. The van der Waals surface area contributed by atoms with Gasteiger partial charge in [0, 0.05) is 19.3 Å². The fraction of sp³-hybridized carbons (Fsp3) is 0.500. The summed E-state index contributed by atoms with van der Waals surface area (Å²) in [5, 5.41) is 0. The van der Waals surface area contributed by atoms with Crippen LogP contribution < -0.4 is 10.6 Å². The first kappa shape index (κ1) is 14.3. The number of hydrogen-bond donors (Lipinski definition) is 1. The molecule has 0 aromatic carbocycles. The maximum atomic E-state index is 5.71. The van der Waals surface area contributed by atoms with Gasteiger partial charge in [-0.05, 0) is 37.5 Å². The molecule has 17 heavy (non-hydrogen) atoms. The van der Waals surface area contributed by atoms with Crippen molar-refractivity contribution in [3.8, 4) is 0 Å². The molecule has 1 aromatic heterocycles. The number of pyridine rings is 1. The van der Waals surface area contributed by atoms with Crippen molar-refractivity contribution in [2.45, 2.75) is 19.4 Å². The molecule has 3 nitrogen and oxygen atoms in total. The summed E-state index contributed by atoms with van der Waals surface area (Å²) in [5.74, 6) is 2.01. The number of nitrogens with two attached hydrogens (primary N) is 1. The lowest BCUT2D eigenvalue weighted by atomic mass is 10.2. The number of nitrogens with zero attached hydrogens (tertiary/aromatic N) is 2. The Labute approximate surface area is 113 Å². The highest BCUT2D eigenvalue weighted by Gasteiger charge is 2.15. The number of aromatic nitrogens is 1. The van der Waals surface area contributed by atoms with Crippen LogP contribution in [0.5, 0.6) is 0 Å². The van der Waals surface area contributed by atoms with Crippen molar-refractivity contribution in [2.75, 3.05) is 24.0 Å². The van der Waals surface area contributed by atoms with Gasteiger partial charge < -0.3 is 10.6 Å². The van der Waals surface area contributed by atoms with Crippen LogP contribution in [0.2, 0.25) is 0 Å². The van der Waals surface area contributed by atoms with Crippen LogP contribution >= 0.6 is 24.0 Å². The van der Waals surface area contributed by atoms with Crippen molar-refractivity contribution >= 4 is 34.8 Å². The van der Waals surface area contributed by atoms with Crippen molar-refractivity contribution in [3.63, 3.8) is 0 Å². The number of anilines is 1. The van der Waals surface area contributed by atoms with Gasteiger partial charge in [-0.3, -0.25) is 0 Å². The van der Waals surface area contributed by atoms with Crippen LogP contribution in [0.4, 0.5) is 5.82 Å². The number of rotatable bonds is 6. The summed E-state index contributed by atoms with van der Waals surface area (Å²) >= 11 is 6.91. The molecule has 5 heteroatoms. The number of thioether (sulfide) groups is 1. The highest BCUT2D eigenvalue weighted by Crippen LogP contribution is 2.19. The highest BCUT2D eigenvalue weighted by atomic mass is 32.2. The van der Waals surface area contributed by atoms with E-state index in [0.29, 0.717) is 11.0 Å². The molecule has 1 unspecified atom stereocenters. The van der Waals surface area contributed by atoms with Crippen molar-refractivity contribution in [2.24, 2.45) is 5.73 Å². The number of thiocarbonyl (C=S) groups is 1. The Morgan fingerprint density at radius 1 is 1.65 bits per heavy atom. The standard InChI is InChI=1S/C12H19N3S2/c1-9(6-8-17-3)15(2)12-10(11(13)16)5-4-7-14-12/h4-5,7,9H,6,8H2,1-3H3,(H2,13,16). The van der Waals surface area contributed by atoms with Gasteiger partial charge in [-0.2, -0.15) is 11.8 Å². The molecule has 0 aliphatic carbocycles. The van der Waals surface area contributed by atoms with Crippen LogP contribution in [0.15, 0.2) is 18.3 Å². The molecular weight excluding hydrogens is 250 g/mol. The lowest BCUT2D eigenvalue weighted by Gasteiger charge is -2.27. The molecule has 0 bridgehead atoms. The molecule has 1 heterocycles. The first-order chi connectivity index (χ1) is 8.07. The van der Waals surface area contributed by atoms with E-state index in [9.17, 15) is 0 Å². The molecule has 94 valence electrons. The van der Waals surface area contributed by atoms with E-state index in [1.165, 1.54) is 0 Å². The molecule has 0 saturated heterocycles. The predicted octanol–water partition coefficient (Wildman–Crippen LogP) is 2.29. The molecule has 1 atom stereocenters. The van der Waals surface area contributed by atoms with Crippen molar-refractivity contribution in [1.29, 1.82) is 0 Å². The van der Waals surface area contributed by atoms with E-state index in [0.717, 1.165) is 23.6 Å². The molecule has 0 amide bonds. The summed E-state index contributed by atoms with van der Waals surface area (Å²) in [5.41, 5.74) is 6.56. The van der Waals surface area contributed by atoms with Crippen molar-refractivity contribution in [3.05, 3.63) is 23.9 Å². The van der Waals surface area contributed by atoms with Crippen molar-refractivity contribution < 1.29 is 0 Å². The van der Waals surface area contributed by atoms with Gasteiger partial charge in [0.25, 0.3) is 0 Å². The zero-order valence-corrected chi connectivity index (χ0v) is 12.1. The summed E-state index contributed by atoms with van der Waals surface area (Å²) in [6, 6.07) is 4.20. The molecule has 1 aromatic rings. The Balaban J connectivity index is 2.87. The molecule has 0 aliphatic heterocycles. The van der Waals surface area contributed by atoms with Crippen LogP contribution in [-0.4, -0.2) is 35.1 Å². The van der Waals surface area contributed by atoms with Gasteiger partial charge in [-0.15, -0.1) is 0 Å². The highest BCUT2D eigenvalue weighted by molar-refractivity contribution is 7.98. The first-order valence-corrected chi connectivity index (χ1v) is 7.34. The molecule has 0 aliphatic rings. The van der Waals surface area contributed by atoms with Gasteiger partial charge in [0.05, 0.1) is 5.56 Å². The summed E-state index contributed by atoms with van der Waals surface area (Å²) in [7, 11) is 2.04. The average molecular weight is 269 g/mol. The summed E-state index contributed by atoms with van der Waals surface area (Å²) in [6.45, 7) is 2.19. The Morgan fingerprint density at radius 2 is 2.35 bits per heavy atom. The molecule has 0 fully saturated rings. The summed E-state index contributed by atoms with van der Waals surface area (Å²) in [4.78, 5) is 6.92. The Hall–Kier alpha value is -0.810. The second-order valence-electron chi connectivity index (χ2n) is 3.98. The van der Waals surface area contributed by atoms with E-state index < -0.39 is 0 Å². The summed E-state index contributed by atoms with van der Waals surface area (Å²) < 4.78 is 0. The van der Waals surface area contributed by atoms with E-state index in [2.05, 4.69) is 23.1 Å². The van der Waals surface area contributed by atoms with Crippen LogP contribution in [0, 0.1) is 0 Å². The van der Waals surface area contributed by atoms with Crippen LogP contribution in [0.25, 0.3) is 0 Å². The van der Waals surface area contributed by atoms with E-state index in [4.69, 9.17) is 18.0 Å². The molecule has 0 saturated carbocycles. The molecule has 2 N–H and O–H groups in total. The van der Waals surface area contributed by atoms with Crippen molar-refractivity contribution in [1.82, 2.24) is 4.98 Å². The first-order valence-electron chi connectivity index (χ1n) is 5.54. The van der Waals surface area contributed by atoms with Gasteiger partial charge in [-0.1, -0.05) is 12.2 Å². The van der Waals surface area contributed by atoms with Gasteiger partial charge in [-0.25, -0.2) is 4.98 Å². The minimum absolute atomic E-state index is 0.400. The predicted molar refractivity (Wildman–Crippen MR) is 81.0 cm³/mol. The average Bonchev–Trinajstić information content (AvgIpc) is 2.34. The van der Waals surface area contributed by atoms with E-state index in [1.54, 1.807) is 6.20 Å². The monoisotopic (exact) mass is 269 g/mol. The normalized spacial score (nSPS) is 12.2. The van der Waals surface area contributed by atoms with E-state index in [-0.39, 0.29) is 0 Å². The van der Waals surface area contributed by atoms with Gasteiger partial charge in [0.1, 0.15) is 10.8 Å². The van der Waals surface area contributed by atoms with E-state index in [1.807, 2.05) is 30.9 Å². The third-order valence-electron chi connectivity index (χ3n) is 2.79. The van der Waals surface area contributed by atoms with Crippen LogP contribution in [0.1, 0.15) is 18.9 Å². The molecular formula is C12H19N3S2. The minimum Gasteiger partial charge on any atom is -0.389 e. The fourth-order valence-electron chi connectivity index (χ4n) is 1.56. The zero-order valence-electron chi connectivity index (χ0n) is 10.5. The van der Waals surface area contributed by atoms with Gasteiger partial charge in [0.15, 0.2) is 0 Å². The largest absolute Gasteiger partial charge is 0.389 e. The number of hydrogen-bond acceptors (Lipinski definition) is 4. The fourth-order valence-corrected chi connectivity index (χ4v) is 2.30. The lowest BCUT2D eigenvalue weighted by molar-refractivity contribution is 0.662. The van der Waals surface area contributed by atoms with Gasteiger partial charge >= 0.3 is 0 Å². The third-order valence-corrected chi connectivity index (χ3v) is 3.65. The Bertz CT molecular complexity index is 382. The summed E-state index contributed by atoms with van der Waals surface area (Å²) in [6.07, 6.45) is 5.01. The lowest BCUT2D eigenvalue weighted by Crippen LogP contribution is -2.32. The third kappa shape index (κ3) is 3.85. The molecule has 0 spiro atoms. The van der Waals surface area contributed by atoms with Crippen LogP contribution in [0.3, 0.4) is 0 Å². The SMILES string of the molecule is CSCCC(C)N(C)c1ncccc1C(N)=S. The maximum absolute atomic E-state index is 5.71.